The highest BCUT2D eigenvalue weighted by Gasteiger charge is 2.22. The average Bonchev–Trinajstić information content (AvgIpc) is 2.74. The Labute approximate surface area is 182 Å². The number of nitrogens with two attached hydrogens (primary N) is 2. The number of allylic oxidation sites excluding steroid dienone is 5. The fourth-order valence-electron chi connectivity index (χ4n) is 4.05. The van der Waals surface area contributed by atoms with Crippen LogP contribution in [0.25, 0.3) is 5.57 Å². The van der Waals surface area contributed by atoms with E-state index in [1.54, 1.807) is 6.20 Å². The fourth-order valence-corrected chi connectivity index (χ4v) is 4.05. The van der Waals surface area contributed by atoms with E-state index in [1.165, 1.54) is 28.5 Å². The molecular formula is C26H38N4. The Bertz CT molecular complexity index is 869. The minimum Gasteiger partial charge on any atom is -0.404 e. The first-order chi connectivity index (χ1) is 14.4. The van der Waals surface area contributed by atoms with Crippen LogP contribution < -0.4 is 11.5 Å². The predicted molar refractivity (Wildman–Crippen MR) is 132 cm³/mol. The van der Waals surface area contributed by atoms with Gasteiger partial charge in [-0.2, -0.15) is 0 Å². The molecule has 4 heteroatoms. The molecule has 162 valence electrons. The third-order valence-electron chi connectivity index (χ3n) is 5.56. The van der Waals surface area contributed by atoms with Gasteiger partial charge in [0.25, 0.3) is 0 Å². The number of aryl methyl sites for hydroxylation is 1. The molecule has 30 heavy (non-hydrogen) atoms. The molecule has 0 heterocycles. The number of benzene rings is 1. The van der Waals surface area contributed by atoms with Gasteiger partial charge in [0.05, 0.1) is 0 Å². The zero-order valence-corrected chi connectivity index (χ0v) is 19.1. The number of rotatable bonds is 9. The van der Waals surface area contributed by atoms with Crippen molar-refractivity contribution in [1.82, 2.24) is 0 Å². The molecule has 1 aliphatic rings. The van der Waals surface area contributed by atoms with Gasteiger partial charge in [-0.05, 0) is 78.9 Å². The largest absolute Gasteiger partial charge is 0.404 e. The molecule has 0 spiro atoms. The Balaban J connectivity index is 2.69. The molecule has 4 nitrogen and oxygen atoms in total. The molecule has 1 aromatic rings. The van der Waals surface area contributed by atoms with E-state index in [0.717, 1.165) is 61.8 Å². The van der Waals surface area contributed by atoms with Crippen molar-refractivity contribution in [2.24, 2.45) is 16.6 Å². The van der Waals surface area contributed by atoms with E-state index in [4.69, 9.17) is 16.9 Å². The second-order valence-electron chi connectivity index (χ2n) is 8.49. The fraction of sp³-hybridized carbons (Fsp3) is 0.462. The molecule has 0 fully saturated rings. The molecule has 0 amide bonds. The van der Waals surface area contributed by atoms with Crippen molar-refractivity contribution in [3.63, 3.8) is 0 Å². The minimum absolute atomic E-state index is 0.512. The average molecular weight is 407 g/mol. The highest BCUT2D eigenvalue weighted by atomic mass is 14.7. The van der Waals surface area contributed by atoms with Crippen LogP contribution in [0, 0.1) is 18.3 Å². The zero-order chi connectivity index (χ0) is 22.1. The molecular weight excluding hydrogens is 368 g/mol. The van der Waals surface area contributed by atoms with Crippen molar-refractivity contribution in [2.45, 2.75) is 66.2 Å². The topological polar surface area (TPSA) is 88.2 Å². The maximum absolute atomic E-state index is 7.98. The first-order valence-corrected chi connectivity index (χ1v) is 11.2. The van der Waals surface area contributed by atoms with Gasteiger partial charge in [-0.1, -0.05) is 39.3 Å². The molecule has 0 atom stereocenters. The number of nitrogen functional groups attached to an aromatic ring is 1. The molecule has 0 radical (unpaired) electrons. The van der Waals surface area contributed by atoms with Gasteiger partial charge < -0.3 is 16.9 Å². The van der Waals surface area contributed by atoms with Crippen LogP contribution in [0.1, 0.15) is 76.0 Å². The summed E-state index contributed by atoms with van der Waals surface area (Å²) in [5, 5.41) is 7.98. The zero-order valence-electron chi connectivity index (χ0n) is 19.1. The number of nitrogens with one attached hydrogen (secondary N) is 1. The summed E-state index contributed by atoms with van der Waals surface area (Å²) in [6.07, 6.45) is 13.7. The summed E-state index contributed by atoms with van der Waals surface area (Å²) in [7, 11) is 0. The summed E-state index contributed by atoms with van der Waals surface area (Å²) < 4.78 is 0. The second-order valence-corrected chi connectivity index (χ2v) is 8.49. The summed E-state index contributed by atoms with van der Waals surface area (Å²) >= 11 is 0. The monoisotopic (exact) mass is 406 g/mol. The lowest BCUT2D eigenvalue weighted by atomic mass is 9.79. The lowest BCUT2D eigenvalue weighted by Gasteiger charge is -2.26. The highest BCUT2D eigenvalue weighted by Crippen LogP contribution is 2.41. The van der Waals surface area contributed by atoms with E-state index >= 15 is 0 Å². The maximum atomic E-state index is 7.98. The van der Waals surface area contributed by atoms with Gasteiger partial charge in [-0.25, -0.2) is 0 Å². The van der Waals surface area contributed by atoms with E-state index in [9.17, 15) is 0 Å². The van der Waals surface area contributed by atoms with E-state index in [-0.39, 0.29) is 0 Å². The van der Waals surface area contributed by atoms with Crippen molar-refractivity contribution in [3.05, 3.63) is 57.8 Å². The molecule has 0 saturated heterocycles. The van der Waals surface area contributed by atoms with Crippen LogP contribution in [0.5, 0.6) is 0 Å². The summed E-state index contributed by atoms with van der Waals surface area (Å²) in [5.41, 5.74) is 20.9. The summed E-state index contributed by atoms with van der Waals surface area (Å²) in [6.45, 7) is 9.43. The normalized spacial score (nSPS) is 16.0. The number of nitrogens with zero attached hydrogens (tertiary/aromatic N) is 1. The third-order valence-corrected chi connectivity index (χ3v) is 5.56. The second kappa shape index (κ2) is 11.5. The van der Waals surface area contributed by atoms with Crippen molar-refractivity contribution < 1.29 is 0 Å². The number of anilines is 1. The van der Waals surface area contributed by atoms with E-state index < -0.39 is 0 Å². The number of aliphatic imine (C=N–C) groups is 1. The van der Waals surface area contributed by atoms with Gasteiger partial charge in [0.15, 0.2) is 0 Å². The number of hydrogen-bond donors (Lipinski definition) is 3. The molecule has 1 aliphatic carbocycles. The molecule has 2 rings (SSSR count). The van der Waals surface area contributed by atoms with E-state index in [0.29, 0.717) is 11.6 Å². The Kier molecular flexibility index (Phi) is 9.10. The molecule has 0 saturated carbocycles. The van der Waals surface area contributed by atoms with E-state index in [2.05, 4.69) is 44.8 Å². The van der Waals surface area contributed by atoms with Crippen LogP contribution in [0.4, 0.5) is 5.69 Å². The Morgan fingerprint density at radius 1 is 1.23 bits per heavy atom. The van der Waals surface area contributed by atoms with Gasteiger partial charge in [-0.3, -0.25) is 4.99 Å². The number of unbranched alkanes of at least 4 members (excludes halogenated alkanes) is 1. The lowest BCUT2D eigenvalue weighted by molar-refractivity contribution is 0.667. The smallest absolute Gasteiger partial charge is 0.0412 e. The van der Waals surface area contributed by atoms with Crippen molar-refractivity contribution in [2.75, 3.05) is 12.3 Å². The first kappa shape index (κ1) is 23.7. The summed E-state index contributed by atoms with van der Waals surface area (Å²) in [6, 6.07) is 3.97. The van der Waals surface area contributed by atoms with Crippen LogP contribution in [0.3, 0.4) is 0 Å². The van der Waals surface area contributed by atoms with Crippen LogP contribution >= 0.6 is 0 Å². The predicted octanol–water partition coefficient (Wildman–Crippen LogP) is 6.20. The van der Waals surface area contributed by atoms with Gasteiger partial charge >= 0.3 is 0 Å². The van der Waals surface area contributed by atoms with Crippen LogP contribution in [0.15, 0.2) is 46.1 Å². The molecule has 1 aromatic carbocycles. The quantitative estimate of drug-likeness (QED) is 0.259. The van der Waals surface area contributed by atoms with Gasteiger partial charge in [-0.15, -0.1) is 0 Å². The molecule has 0 unspecified atom stereocenters. The van der Waals surface area contributed by atoms with Crippen molar-refractivity contribution >= 4 is 23.7 Å². The summed E-state index contributed by atoms with van der Waals surface area (Å²) in [5.74, 6) is 0.512. The maximum Gasteiger partial charge on any atom is 0.0412 e. The van der Waals surface area contributed by atoms with Gasteiger partial charge in [0.2, 0.25) is 0 Å². The highest BCUT2D eigenvalue weighted by molar-refractivity contribution is 5.96. The van der Waals surface area contributed by atoms with Crippen molar-refractivity contribution in [3.8, 4) is 0 Å². The number of hydrogen-bond acceptors (Lipinski definition) is 4. The molecule has 5 N–H and O–H groups in total. The summed E-state index contributed by atoms with van der Waals surface area (Å²) in [4.78, 5) is 4.64. The standard InChI is InChI=1S/C26H38N4/c1-5-6-9-21(20(14-27)17-30-16-18(2)3)22-10-7-8-11-23(22)26-19(4)12-13-25(29)24(26)15-28/h9,12-15,17-18,28H,5-8,10-11,16,27,29H2,1-4H3/b20-14+,21-9+,28-15?,30-17?. The molecule has 0 aromatic heterocycles. The van der Waals surface area contributed by atoms with E-state index in [1.807, 2.05) is 12.3 Å². The molecule has 0 bridgehead atoms. The first-order valence-electron chi connectivity index (χ1n) is 11.2. The van der Waals surface area contributed by atoms with Crippen LogP contribution in [-0.4, -0.2) is 19.0 Å². The Morgan fingerprint density at radius 2 is 1.97 bits per heavy atom. The SMILES string of the molecule is CCC/C=C(C1=C(c2c(C)ccc(N)c2C=N)CCCC1)\C(C=NCC(C)C)=C\N. The lowest BCUT2D eigenvalue weighted by Crippen LogP contribution is -2.10. The van der Waals surface area contributed by atoms with Gasteiger partial charge in [0.1, 0.15) is 0 Å². The Hall–Kier alpha value is -2.62. The van der Waals surface area contributed by atoms with Crippen LogP contribution in [-0.2, 0) is 0 Å². The van der Waals surface area contributed by atoms with Crippen LogP contribution in [0.2, 0.25) is 0 Å². The molecule has 0 aliphatic heterocycles. The third kappa shape index (κ3) is 5.71. The minimum atomic E-state index is 0.512. The van der Waals surface area contributed by atoms with Crippen molar-refractivity contribution in [1.29, 1.82) is 5.41 Å². The van der Waals surface area contributed by atoms with Gasteiger partial charge in [0, 0.05) is 42.0 Å². The Morgan fingerprint density at radius 3 is 2.60 bits per heavy atom.